The predicted octanol–water partition coefficient (Wildman–Crippen LogP) is 6.11. The normalized spacial score (nSPS) is 17.8. The summed E-state index contributed by atoms with van der Waals surface area (Å²) in [6.07, 6.45) is 7.69. The Morgan fingerprint density at radius 1 is 1.03 bits per heavy atom. The molecule has 196 valence electrons. The first kappa shape index (κ1) is 27.3. The number of aryl methyl sites for hydroxylation is 1. The third-order valence-electron chi connectivity index (χ3n) is 7.47. The summed E-state index contributed by atoms with van der Waals surface area (Å²) in [5, 5.41) is 9.75. The zero-order chi connectivity index (χ0) is 25.3. The number of piperazine rings is 1. The minimum absolute atomic E-state index is 0.306. The molecule has 2 aromatic carbocycles. The second-order valence-corrected chi connectivity index (χ2v) is 11.7. The van der Waals surface area contributed by atoms with Gasteiger partial charge in [0.25, 0.3) is 0 Å². The van der Waals surface area contributed by atoms with Gasteiger partial charge in [-0.2, -0.15) is 0 Å². The molecule has 1 saturated heterocycles. The highest BCUT2D eigenvalue weighted by atomic mass is 35.5. The summed E-state index contributed by atoms with van der Waals surface area (Å²) in [6, 6.07) is 12.8. The van der Waals surface area contributed by atoms with E-state index in [4.69, 9.17) is 21.4 Å². The fourth-order valence-corrected chi connectivity index (χ4v) is 6.67. The summed E-state index contributed by atoms with van der Waals surface area (Å²) in [7, 11) is 0. The van der Waals surface area contributed by atoms with E-state index in [1.54, 1.807) is 0 Å². The third-order valence-corrected chi connectivity index (χ3v) is 8.77. The molecule has 1 aliphatic heterocycles. The van der Waals surface area contributed by atoms with E-state index in [0.29, 0.717) is 11.7 Å². The van der Waals surface area contributed by atoms with Crippen molar-refractivity contribution in [2.45, 2.75) is 56.3 Å². The highest BCUT2D eigenvalue weighted by Gasteiger charge is 2.19. The van der Waals surface area contributed by atoms with E-state index >= 15 is 0 Å². The Labute approximate surface area is 225 Å². The van der Waals surface area contributed by atoms with Crippen molar-refractivity contribution in [3.05, 3.63) is 58.1 Å². The van der Waals surface area contributed by atoms with Gasteiger partial charge in [-0.25, -0.2) is 4.79 Å². The van der Waals surface area contributed by atoms with E-state index in [2.05, 4.69) is 34.1 Å². The van der Waals surface area contributed by atoms with Gasteiger partial charge in [-0.15, -0.1) is 11.8 Å². The number of hydrogen-bond donors (Lipinski definition) is 1. The van der Waals surface area contributed by atoms with Crippen LogP contribution >= 0.6 is 23.4 Å². The van der Waals surface area contributed by atoms with E-state index in [0.717, 1.165) is 62.0 Å². The van der Waals surface area contributed by atoms with Crippen LogP contribution in [0.5, 0.6) is 5.75 Å². The summed E-state index contributed by atoms with van der Waals surface area (Å²) >= 11 is 8.53. The molecule has 2 aliphatic rings. The maximum atomic E-state index is 10.7. The van der Waals surface area contributed by atoms with Crippen LogP contribution in [0.2, 0.25) is 5.02 Å². The molecule has 1 N–H and O–H groups in total. The van der Waals surface area contributed by atoms with E-state index in [-0.39, 0.29) is 6.61 Å². The van der Waals surface area contributed by atoms with Crippen LogP contribution in [0.1, 0.15) is 54.7 Å². The number of hydrogen-bond acceptors (Lipinski definition) is 5. The number of ether oxygens (including phenoxy) is 1. The monoisotopic (exact) mass is 530 g/mol. The van der Waals surface area contributed by atoms with E-state index in [1.807, 2.05) is 30.8 Å². The quantitative estimate of drug-likeness (QED) is 0.354. The molecule has 7 heteroatoms. The number of aliphatic carboxylic acids is 1. The molecule has 0 atom stereocenters. The van der Waals surface area contributed by atoms with Crippen LogP contribution in [0.4, 0.5) is 0 Å². The Bertz CT molecular complexity index is 1000. The molecule has 0 unspecified atom stereocenters. The minimum atomic E-state index is -0.958. The zero-order valence-corrected chi connectivity index (χ0v) is 23.0. The number of thioether (sulfide) groups is 1. The summed E-state index contributed by atoms with van der Waals surface area (Å²) in [4.78, 5) is 17.0. The first-order valence-electron chi connectivity index (χ1n) is 13.3. The second kappa shape index (κ2) is 13.7. The average Bonchev–Trinajstić information content (AvgIpc) is 2.88. The van der Waals surface area contributed by atoms with Gasteiger partial charge in [0.15, 0.2) is 6.61 Å². The van der Waals surface area contributed by atoms with Gasteiger partial charge in [0.05, 0.1) is 0 Å². The minimum Gasteiger partial charge on any atom is -0.482 e. The topological polar surface area (TPSA) is 53.0 Å². The lowest BCUT2D eigenvalue weighted by molar-refractivity contribution is -0.139. The molecule has 0 spiro atoms. The van der Waals surface area contributed by atoms with Crippen LogP contribution in [0.15, 0.2) is 41.3 Å². The lowest BCUT2D eigenvalue weighted by atomic mass is 9.84. The second-order valence-electron chi connectivity index (χ2n) is 10.1. The number of rotatable bonds is 11. The smallest absolute Gasteiger partial charge is 0.341 e. The maximum absolute atomic E-state index is 10.7. The number of nitrogens with zero attached hydrogens (tertiary/aromatic N) is 2. The van der Waals surface area contributed by atoms with Crippen molar-refractivity contribution in [2.75, 3.05) is 51.6 Å². The molecule has 4 rings (SSSR count). The van der Waals surface area contributed by atoms with Gasteiger partial charge in [-0.05, 0) is 73.1 Å². The largest absolute Gasteiger partial charge is 0.482 e. The molecule has 0 aromatic heterocycles. The molecule has 1 heterocycles. The van der Waals surface area contributed by atoms with Gasteiger partial charge in [-0.3, -0.25) is 4.90 Å². The number of benzene rings is 2. The molecule has 2 fully saturated rings. The number of carbonyl (C=O) groups is 1. The van der Waals surface area contributed by atoms with Crippen LogP contribution in [0.3, 0.4) is 0 Å². The lowest BCUT2D eigenvalue weighted by Gasteiger charge is -2.34. The Hall–Kier alpha value is -1.73. The summed E-state index contributed by atoms with van der Waals surface area (Å²) < 4.78 is 5.32. The molecule has 5 nitrogen and oxygen atoms in total. The molecular weight excluding hydrogens is 492 g/mol. The molecule has 0 bridgehead atoms. The van der Waals surface area contributed by atoms with E-state index < -0.39 is 5.97 Å². The van der Waals surface area contributed by atoms with Gasteiger partial charge in [-0.1, -0.05) is 43.0 Å². The van der Waals surface area contributed by atoms with Gasteiger partial charge in [0.2, 0.25) is 0 Å². The molecule has 2 aromatic rings. The van der Waals surface area contributed by atoms with Gasteiger partial charge < -0.3 is 14.7 Å². The first-order valence-corrected chi connectivity index (χ1v) is 14.7. The molecule has 1 aliphatic carbocycles. The fourth-order valence-electron chi connectivity index (χ4n) is 5.30. The van der Waals surface area contributed by atoms with Crippen molar-refractivity contribution in [1.29, 1.82) is 0 Å². The third kappa shape index (κ3) is 8.14. The van der Waals surface area contributed by atoms with Crippen molar-refractivity contribution < 1.29 is 14.6 Å². The number of halogens is 1. The maximum Gasteiger partial charge on any atom is 0.341 e. The molecule has 0 amide bonds. The van der Waals surface area contributed by atoms with Crippen LogP contribution in [-0.2, 0) is 11.2 Å². The standard InChI is InChI=1S/C29H39ClN2O3S/c1-22-19-25(8-10-28(22)35-21-29(33)34)36-18-17-32-15-13-31(14-16-32)12-11-23-7-9-26(27(30)20-23)24-5-3-2-4-6-24/h7-10,19-20,24H,2-6,11-18,21H2,1H3,(H,33,34). The summed E-state index contributed by atoms with van der Waals surface area (Å²) in [6.45, 7) is 8.29. The average molecular weight is 531 g/mol. The molecule has 1 saturated carbocycles. The summed E-state index contributed by atoms with van der Waals surface area (Å²) in [5.74, 6) is 1.38. The van der Waals surface area contributed by atoms with Gasteiger partial charge in [0, 0.05) is 54.9 Å². The SMILES string of the molecule is Cc1cc(SCCN2CCN(CCc3ccc(C4CCCCC4)c(Cl)c3)CC2)ccc1OCC(=O)O. The molecule has 36 heavy (non-hydrogen) atoms. The van der Waals surface area contributed by atoms with Crippen molar-refractivity contribution in [2.24, 2.45) is 0 Å². The highest BCUT2D eigenvalue weighted by Crippen LogP contribution is 2.36. The van der Waals surface area contributed by atoms with Gasteiger partial charge in [0.1, 0.15) is 5.75 Å². The van der Waals surface area contributed by atoms with Crippen molar-refractivity contribution in [3.8, 4) is 5.75 Å². The Kier molecular flexibility index (Phi) is 10.4. The van der Waals surface area contributed by atoms with Crippen molar-refractivity contribution in [3.63, 3.8) is 0 Å². The van der Waals surface area contributed by atoms with Crippen molar-refractivity contribution in [1.82, 2.24) is 9.80 Å². The van der Waals surface area contributed by atoms with Crippen LogP contribution < -0.4 is 4.74 Å². The highest BCUT2D eigenvalue weighted by molar-refractivity contribution is 7.99. The van der Waals surface area contributed by atoms with Crippen molar-refractivity contribution >= 4 is 29.3 Å². The number of carboxylic acids is 1. The van der Waals surface area contributed by atoms with Crippen LogP contribution in [0, 0.1) is 6.92 Å². The predicted molar refractivity (Wildman–Crippen MR) is 149 cm³/mol. The van der Waals surface area contributed by atoms with Crippen LogP contribution in [-0.4, -0.2) is 72.5 Å². The zero-order valence-electron chi connectivity index (χ0n) is 21.4. The molecule has 0 radical (unpaired) electrons. The Morgan fingerprint density at radius 3 is 2.42 bits per heavy atom. The van der Waals surface area contributed by atoms with E-state index in [1.165, 1.54) is 48.1 Å². The fraction of sp³-hybridized carbons (Fsp3) is 0.552. The van der Waals surface area contributed by atoms with E-state index in [9.17, 15) is 4.79 Å². The Morgan fingerprint density at radius 2 is 1.75 bits per heavy atom. The van der Waals surface area contributed by atoms with Crippen LogP contribution in [0.25, 0.3) is 0 Å². The Balaban J connectivity index is 1.14. The summed E-state index contributed by atoms with van der Waals surface area (Å²) in [5.41, 5.74) is 3.69. The lowest BCUT2D eigenvalue weighted by Crippen LogP contribution is -2.47. The first-order chi connectivity index (χ1) is 17.5. The molecular formula is C29H39ClN2O3S. The van der Waals surface area contributed by atoms with Gasteiger partial charge >= 0.3 is 5.97 Å². The number of carboxylic acid groups (broad SMARTS) is 1.